The number of hydrogen-bond acceptors (Lipinski definition) is 3. The van der Waals surface area contributed by atoms with Gasteiger partial charge in [0.05, 0.1) is 5.92 Å². The van der Waals surface area contributed by atoms with Crippen molar-refractivity contribution >= 4 is 11.9 Å². The number of nitrogens with one attached hydrogen (secondary N) is 1. The van der Waals surface area contributed by atoms with Gasteiger partial charge in [-0.25, -0.2) is 0 Å². The number of carboxylic acid groups (broad SMARTS) is 1. The zero-order valence-corrected chi connectivity index (χ0v) is 14.4. The molecule has 0 saturated heterocycles. The summed E-state index contributed by atoms with van der Waals surface area (Å²) < 4.78 is 5.44. The number of ether oxygens (including phenoxy) is 1. The minimum atomic E-state index is -0.975. The summed E-state index contributed by atoms with van der Waals surface area (Å²) in [5.41, 5.74) is 1.85. The third-order valence-corrected chi connectivity index (χ3v) is 3.92. The van der Waals surface area contributed by atoms with Crippen molar-refractivity contribution in [2.45, 2.75) is 25.7 Å². The normalized spacial score (nSPS) is 11.8. The SMILES string of the molecule is CC(C)c1ccc(OCC(=O)NCC(C(=O)O)c2ccccc2)cc1. The van der Waals surface area contributed by atoms with Gasteiger partial charge in [-0.15, -0.1) is 0 Å². The number of aliphatic carboxylic acids is 1. The summed E-state index contributed by atoms with van der Waals surface area (Å²) in [6.07, 6.45) is 0. The van der Waals surface area contributed by atoms with E-state index in [0.717, 1.165) is 0 Å². The monoisotopic (exact) mass is 341 g/mol. The molecule has 2 rings (SSSR count). The number of carbonyl (C=O) groups is 2. The lowest BCUT2D eigenvalue weighted by Crippen LogP contribution is -2.34. The van der Waals surface area contributed by atoms with E-state index >= 15 is 0 Å². The Balaban J connectivity index is 1.84. The van der Waals surface area contributed by atoms with E-state index in [-0.39, 0.29) is 19.1 Å². The maximum Gasteiger partial charge on any atom is 0.312 e. The molecule has 0 bridgehead atoms. The Morgan fingerprint density at radius 2 is 1.64 bits per heavy atom. The van der Waals surface area contributed by atoms with Crippen molar-refractivity contribution in [3.8, 4) is 5.75 Å². The molecule has 2 aromatic rings. The molecule has 132 valence electrons. The molecule has 0 aliphatic rings. The predicted octanol–water partition coefficient (Wildman–Crippen LogP) is 3.17. The first kappa shape index (κ1) is 18.5. The Labute approximate surface area is 147 Å². The fourth-order valence-electron chi connectivity index (χ4n) is 2.40. The first-order valence-corrected chi connectivity index (χ1v) is 8.24. The van der Waals surface area contributed by atoms with Crippen LogP contribution < -0.4 is 10.1 Å². The van der Waals surface area contributed by atoms with Crippen LogP contribution in [-0.4, -0.2) is 30.1 Å². The molecule has 5 nitrogen and oxygen atoms in total. The van der Waals surface area contributed by atoms with Crippen LogP contribution in [0.2, 0.25) is 0 Å². The third kappa shape index (κ3) is 5.64. The van der Waals surface area contributed by atoms with E-state index in [9.17, 15) is 14.7 Å². The summed E-state index contributed by atoms with van der Waals surface area (Å²) in [5.74, 6) is -1.07. The van der Waals surface area contributed by atoms with Gasteiger partial charge in [0.1, 0.15) is 5.75 Å². The smallest absolute Gasteiger partial charge is 0.312 e. The van der Waals surface area contributed by atoms with Gasteiger partial charge >= 0.3 is 5.97 Å². The molecule has 2 N–H and O–H groups in total. The Hall–Kier alpha value is -2.82. The van der Waals surface area contributed by atoms with Crippen LogP contribution in [0.3, 0.4) is 0 Å². The third-order valence-electron chi connectivity index (χ3n) is 3.92. The zero-order chi connectivity index (χ0) is 18.2. The average molecular weight is 341 g/mol. The Bertz CT molecular complexity index is 695. The fourth-order valence-corrected chi connectivity index (χ4v) is 2.40. The number of carbonyl (C=O) groups excluding carboxylic acids is 1. The van der Waals surface area contributed by atoms with Gasteiger partial charge in [-0.05, 0) is 29.2 Å². The molecule has 2 aromatic carbocycles. The van der Waals surface area contributed by atoms with Gasteiger partial charge in [0.15, 0.2) is 6.61 Å². The second-order valence-corrected chi connectivity index (χ2v) is 6.12. The van der Waals surface area contributed by atoms with Gasteiger partial charge in [0.2, 0.25) is 0 Å². The molecular formula is C20H23NO4. The Kier molecular flexibility index (Phi) is 6.57. The fraction of sp³-hybridized carbons (Fsp3) is 0.300. The van der Waals surface area contributed by atoms with E-state index in [1.165, 1.54) is 5.56 Å². The molecule has 1 atom stereocenters. The zero-order valence-electron chi connectivity index (χ0n) is 14.4. The van der Waals surface area contributed by atoms with Gasteiger partial charge in [0, 0.05) is 6.54 Å². The molecule has 5 heteroatoms. The summed E-state index contributed by atoms with van der Waals surface area (Å²) in [6.45, 7) is 4.08. The number of amides is 1. The van der Waals surface area contributed by atoms with Crippen molar-refractivity contribution in [1.29, 1.82) is 0 Å². The van der Waals surface area contributed by atoms with Crippen LogP contribution in [0.1, 0.15) is 36.8 Å². The van der Waals surface area contributed by atoms with Gasteiger partial charge < -0.3 is 15.2 Å². The van der Waals surface area contributed by atoms with Crippen molar-refractivity contribution < 1.29 is 19.4 Å². The molecule has 0 aromatic heterocycles. The summed E-state index contributed by atoms with van der Waals surface area (Å²) in [5, 5.41) is 12.0. The van der Waals surface area contributed by atoms with E-state index in [0.29, 0.717) is 17.2 Å². The van der Waals surface area contributed by atoms with Gasteiger partial charge in [-0.1, -0.05) is 56.3 Å². The number of hydrogen-bond donors (Lipinski definition) is 2. The topological polar surface area (TPSA) is 75.6 Å². The number of carboxylic acids is 1. The Morgan fingerprint density at radius 1 is 1.00 bits per heavy atom. The van der Waals surface area contributed by atoms with Crippen LogP contribution in [0.25, 0.3) is 0 Å². The average Bonchev–Trinajstić information content (AvgIpc) is 2.61. The van der Waals surface area contributed by atoms with Crippen LogP contribution in [0.4, 0.5) is 0 Å². The molecule has 0 aliphatic heterocycles. The highest BCUT2D eigenvalue weighted by Crippen LogP contribution is 2.18. The first-order valence-electron chi connectivity index (χ1n) is 8.24. The lowest BCUT2D eigenvalue weighted by Gasteiger charge is -2.14. The minimum absolute atomic E-state index is 0.0217. The molecule has 0 aliphatic carbocycles. The molecule has 1 unspecified atom stereocenters. The van der Waals surface area contributed by atoms with Crippen molar-refractivity contribution in [2.75, 3.05) is 13.2 Å². The summed E-state index contributed by atoms with van der Waals surface area (Å²) in [6, 6.07) is 16.4. The van der Waals surface area contributed by atoms with E-state index in [2.05, 4.69) is 19.2 Å². The van der Waals surface area contributed by atoms with E-state index in [1.54, 1.807) is 24.3 Å². The largest absolute Gasteiger partial charge is 0.484 e. The lowest BCUT2D eigenvalue weighted by molar-refractivity contribution is -0.138. The highest BCUT2D eigenvalue weighted by Gasteiger charge is 2.20. The quantitative estimate of drug-likeness (QED) is 0.773. The highest BCUT2D eigenvalue weighted by molar-refractivity contribution is 5.80. The van der Waals surface area contributed by atoms with Crippen LogP contribution in [0.15, 0.2) is 54.6 Å². The molecule has 0 radical (unpaired) electrons. The molecule has 0 fully saturated rings. The van der Waals surface area contributed by atoms with Crippen LogP contribution in [-0.2, 0) is 9.59 Å². The van der Waals surface area contributed by atoms with Crippen molar-refractivity contribution in [2.24, 2.45) is 0 Å². The molecule has 1 amide bonds. The van der Waals surface area contributed by atoms with Crippen LogP contribution in [0.5, 0.6) is 5.75 Å². The lowest BCUT2D eigenvalue weighted by atomic mass is 9.99. The molecule has 0 spiro atoms. The highest BCUT2D eigenvalue weighted by atomic mass is 16.5. The van der Waals surface area contributed by atoms with Crippen molar-refractivity contribution in [1.82, 2.24) is 5.32 Å². The first-order chi connectivity index (χ1) is 12.0. The summed E-state index contributed by atoms with van der Waals surface area (Å²) in [4.78, 5) is 23.3. The van der Waals surface area contributed by atoms with Crippen molar-refractivity contribution in [3.05, 3.63) is 65.7 Å². The van der Waals surface area contributed by atoms with E-state index in [4.69, 9.17) is 4.74 Å². The van der Waals surface area contributed by atoms with Crippen LogP contribution >= 0.6 is 0 Å². The molecular weight excluding hydrogens is 318 g/mol. The molecule has 0 saturated carbocycles. The standard InChI is InChI=1S/C20H23NO4/c1-14(2)15-8-10-17(11-9-15)25-13-19(22)21-12-18(20(23)24)16-6-4-3-5-7-16/h3-11,14,18H,12-13H2,1-2H3,(H,21,22)(H,23,24). The second-order valence-electron chi connectivity index (χ2n) is 6.12. The number of rotatable bonds is 8. The van der Waals surface area contributed by atoms with Gasteiger partial charge in [-0.3, -0.25) is 9.59 Å². The molecule has 0 heterocycles. The van der Waals surface area contributed by atoms with Crippen LogP contribution in [0, 0.1) is 0 Å². The van der Waals surface area contributed by atoms with E-state index in [1.807, 2.05) is 30.3 Å². The maximum atomic E-state index is 11.9. The maximum absolute atomic E-state index is 11.9. The summed E-state index contributed by atoms with van der Waals surface area (Å²) in [7, 11) is 0. The summed E-state index contributed by atoms with van der Waals surface area (Å²) >= 11 is 0. The van der Waals surface area contributed by atoms with E-state index < -0.39 is 11.9 Å². The number of benzene rings is 2. The Morgan fingerprint density at radius 3 is 2.20 bits per heavy atom. The van der Waals surface area contributed by atoms with Gasteiger partial charge in [-0.2, -0.15) is 0 Å². The van der Waals surface area contributed by atoms with Crippen molar-refractivity contribution in [3.63, 3.8) is 0 Å². The molecule has 25 heavy (non-hydrogen) atoms. The van der Waals surface area contributed by atoms with Gasteiger partial charge in [0.25, 0.3) is 5.91 Å². The second kappa shape index (κ2) is 8.87. The predicted molar refractivity (Wildman–Crippen MR) is 95.9 cm³/mol. The minimum Gasteiger partial charge on any atom is -0.484 e.